The van der Waals surface area contributed by atoms with Crippen LogP contribution in [0.3, 0.4) is 0 Å². The van der Waals surface area contributed by atoms with Crippen molar-refractivity contribution in [3.8, 4) is 0 Å². The van der Waals surface area contributed by atoms with E-state index in [1.165, 1.54) is 5.56 Å². The van der Waals surface area contributed by atoms with Crippen LogP contribution in [0.1, 0.15) is 49.0 Å². The van der Waals surface area contributed by atoms with E-state index in [1.54, 1.807) is 12.3 Å². The third-order valence-electron chi connectivity index (χ3n) is 3.98. The fourth-order valence-electron chi connectivity index (χ4n) is 2.66. The summed E-state index contributed by atoms with van der Waals surface area (Å²) in [5, 5.41) is 2.98. The van der Waals surface area contributed by atoms with E-state index in [9.17, 15) is 4.79 Å². The molecule has 0 saturated carbocycles. The molecule has 0 aliphatic rings. The Hall–Kier alpha value is -2.36. The second kappa shape index (κ2) is 9.06. The Kier molecular flexibility index (Phi) is 6.79. The van der Waals surface area contributed by atoms with Crippen LogP contribution in [0.5, 0.6) is 0 Å². The van der Waals surface area contributed by atoms with Crippen LogP contribution >= 0.6 is 0 Å². The zero-order valence-electron chi connectivity index (χ0n) is 14.9. The fourth-order valence-corrected chi connectivity index (χ4v) is 2.66. The molecule has 128 valence electrons. The monoisotopic (exact) mass is 325 g/mol. The van der Waals surface area contributed by atoms with Gasteiger partial charge >= 0.3 is 0 Å². The summed E-state index contributed by atoms with van der Waals surface area (Å²) in [6.45, 7) is 7.83. The maximum absolute atomic E-state index is 12.3. The molecule has 0 radical (unpaired) electrons. The first kappa shape index (κ1) is 18.0. The SMILES string of the molecule is CCCCCNC(=O)c1ccnc(N(CC)c2cccc(C)c2)c1. The Morgan fingerprint density at radius 2 is 2.00 bits per heavy atom. The molecular weight excluding hydrogens is 298 g/mol. The Morgan fingerprint density at radius 3 is 2.71 bits per heavy atom. The molecule has 2 aromatic rings. The molecule has 0 saturated heterocycles. The lowest BCUT2D eigenvalue weighted by Crippen LogP contribution is -2.25. The minimum atomic E-state index is -0.0324. The van der Waals surface area contributed by atoms with E-state index < -0.39 is 0 Å². The zero-order valence-corrected chi connectivity index (χ0v) is 14.9. The van der Waals surface area contributed by atoms with Gasteiger partial charge in [-0.15, -0.1) is 0 Å². The van der Waals surface area contributed by atoms with Gasteiger partial charge < -0.3 is 10.2 Å². The fraction of sp³-hybridized carbons (Fsp3) is 0.400. The standard InChI is InChI=1S/C20H27N3O/c1-4-6-7-12-22-20(24)17-11-13-21-19(15-17)23(5-2)18-10-8-9-16(3)14-18/h8-11,13-15H,4-7,12H2,1-3H3,(H,22,24). The topological polar surface area (TPSA) is 45.2 Å². The van der Waals surface area contributed by atoms with Crippen LogP contribution in [0.4, 0.5) is 11.5 Å². The van der Waals surface area contributed by atoms with E-state index in [1.807, 2.05) is 12.1 Å². The van der Waals surface area contributed by atoms with Crippen LogP contribution in [0, 0.1) is 6.92 Å². The molecule has 0 unspecified atom stereocenters. The molecular formula is C20H27N3O. The molecule has 0 aliphatic heterocycles. The number of benzene rings is 1. The third kappa shape index (κ3) is 4.82. The smallest absolute Gasteiger partial charge is 0.251 e. The largest absolute Gasteiger partial charge is 0.352 e. The quantitative estimate of drug-likeness (QED) is 0.728. The van der Waals surface area contributed by atoms with Crippen molar-refractivity contribution in [3.63, 3.8) is 0 Å². The number of pyridine rings is 1. The minimum Gasteiger partial charge on any atom is -0.352 e. The lowest BCUT2D eigenvalue weighted by Gasteiger charge is -2.23. The predicted molar refractivity (Wildman–Crippen MR) is 100.0 cm³/mol. The van der Waals surface area contributed by atoms with E-state index in [0.717, 1.165) is 43.9 Å². The highest BCUT2D eigenvalue weighted by Crippen LogP contribution is 2.24. The Morgan fingerprint density at radius 1 is 1.17 bits per heavy atom. The summed E-state index contributed by atoms with van der Waals surface area (Å²) in [4.78, 5) is 18.9. The van der Waals surface area contributed by atoms with Gasteiger partial charge in [0, 0.05) is 30.5 Å². The number of hydrogen-bond donors (Lipinski definition) is 1. The molecule has 0 spiro atoms. The lowest BCUT2D eigenvalue weighted by molar-refractivity contribution is 0.0953. The first-order chi connectivity index (χ1) is 11.7. The molecule has 1 N–H and O–H groups in total. The number of hydrogen-bond acceptors (Lipinski definition) is 3. The first-order valence-electron chi connectivity index (χ1n) is 8.74. The van der Waals surface area contributed by atoms with Crippen LogP contribution in [0.15, 0.2) is 42.6 Å². The minimum absolute atomic E-state index is 0.0324. The van der Waals surface area contributed by atoms with Crippen molar-refractivity contribution in [3.05, 3.63) is 53.7 Å². The highest BCUT2D eigenvalue weighted by Gasteiger charge is 2.12. The summed E-state index contributed by atoms with van der Waals surface area (Å²) >= 11 is 0. The summed E-state index contributed by atoms with van der Waals surface area (Å²) in [7, 11) is 0. The second-order valence-electron chi connectivity index (χ2n) is 5.95. The summed E-state index contributed by atoms with van der Waals surface area (Å²) in [6, 6.07) is 11.9. The van der Waals surface area contributed by atoms with Crippen LogP contribution in [0.2, 0.25) is 0 Å². The first-order valence-corrected chi connectivity index (χ1v) is 8.74. The van der Waals surface area contributed by atoms with Crippen molar-refractivity contribution < 1.29 is 4.79 Å². The molecule has 1 aromatic carbocycles. The van der Waals surface area contributed by atoms with Gasteiger partial charge in [-0.25, -0.2) is 4.98 Å². The molecule has 2 rings (SSSR count). The van der Waals surface area contributed by atoms with E-state index >= 15 is 0 Å². The van der Waals surface area contributed by atoms with Crippen LogP contribution in [-0.2, 0) is 0 Å². The molecule has 1 aromatic heterocycles. The van der Waals surface area contributed by atoms with Crippen molar-refractivity contribution in [2.75, 3.05) is 18.0 Å². The predicted octanol–water partition coefficient (Wildman–Crippen LogP) is 4.47. The number of amides is 1. The summed E-state index contributed by atoms with van der Waals surface area (Å²) in [5.41, 5.74) is 2.95. The van der Waals surface area contributed by atoms with Gasteiger partial charge in [0.25, 0.3) is 5.91 Å². The number of aryl methyl sites for hydroxylation is 1. The Balaban J connectivity index is 2.14. The third-order valence-corrected chi connectivity index (χ3v) is 3.98. The van der Waals surface area contributed by atoms with Crippen molar-refractivity contribution >= 4 is 17.4 Å². The molecule has 0 fully saturated rings. The summed E-state index contributed by atoms with van der Waals surface area (Å²) in [5.74, 6) is 0.763. The van der Waals surface area contributed by atoms with E-state index in [4.69, 9.17) is 0 Å². The maximum atomic E-state index is 12.3. The summed E-state index contributed by atoms with van der Waals surface area (Å²) < 4.78 is 0. The van der Waals surface area contributed by atoms with Gasteiger partial charge in [-0.05, 0) is 50.1 Å². The Labute approximate surface area is 144 Å². The van der Waals surface area contributed by atoms with E-state index in [2.05, 4.69) is 54.2 Å². The number of carbonyl (C=O) groups excluding carboxylic acids is 1. The Bertz CT molecular complexity index is 669. The van der Waals surface area contributed by atoms with Gasteiger partial charge in [0.15, 0.2) is 0 Å². The molecule has 0 bridgehead atoms. The molecule has 0 aliphatic carbocycles. The van der Waals surface area contributed by atoms with E-state index in [-0.39, 0.29) is 5.91 Å². The molecule has 4 nitrogen and oxygen atoms in total. The van der Waals surface area contributed by atoms with Crippen molar-refractivity contribution in [1.82, 2.24) is 10.3 Å². The number of nitrogens with zero attached hydrogens (tertiary/aromatic N) is 2. The number of unbranched alkanes of at least 4 members (excludes halogenated alkanes) is 2. The average Bonchev–Trinajstić information content (AvgIpc) is 2.60. The van der Waals surface area contributed by atoms with Crippen molar-refractivity contribution in [2.24, 2.45) is 0 Å². The number of anilines is 2. The number of nitrogens with one attached hydrogen (secondary N) is 1. The second-order valence-corrected chi connectivity index (χ2v) is 5.95. The number of rotatable bonds is 8. The number of aromatic nitrogens is 1. The van der Waals surface area contributed by atoms with Gasteiger partial charge in [0.2, 0.25) is 0 Å². The van der Waals surface area contributed by atoms with Crippen LogP contribution in [-0.4, -0.2) is 24.0 Å². The number of carbonyl (C=O) groups is 1. The van der Waals surface area contributed by atoms with Gasteiger partial charge in [0.05, 0.1) is 0 Å². The highest BCUT2D eigenvalue weighted by molar-refractivity contribution is 5.95. The van der Waals surface area contributed by atoms with Crippen molar-refractivity contribution in [2.45, 2.75) is 40.0 Å². The van der Waals surface area contributed by atoms with Crippen LogP contribution < -0.4 is 10.2 Å². The normalized spacial score (nSPS) is 10.5. The zero-order chi connectivity index (χ0) is 17.4. The maximum Gasteiger partial charge on any atom is 0.251 e. The highest BCUT2D eigenvalue weighted by atomic mass is 16.1. The van der Waals surface area contributed by atoms with Gasteiger partial charge in [-0.1, -0.05) is 31.9 Å². The lowest BCUT2D eigenvalue weighted by atomic mass is 10.2. The average molecular weight is 325 g/mol. The summed E-state index contributed by atoms with van der Waals surface area (Å²) in [6.07, 6.45) is 5.01. The van der Waals surface area contributed by atoms with Crippen LogP contribution in [0.25, 0.3) is 0 Å². The van der Waals surface area contributed by atoms with Gasteiger partial charge in [0.1, 0.15) is 5.82 Å². The molecule has 4 heteroatoms. The molecule has 24 heavy (non-hydrogen) atoms. The molecule has 1 heterocycles. The van der Waals surface area contributed by atoms with E-state index in [0.29, 0.717) is 5.56 Å². The van der Waals surface area contributed by atoms with Crippen molar-refractivity contribution in [1.29, 1.82) is 0 Å². The van der Waals surface area contributed by atoms with Gasteiger partial charge in [-0.3, -0.25) is 4.79 Å². The molecule has 1 amide bonds. The van der Waals surface area contributed by atoms with Gasteiger partial charge in [-0.2, -0.15) is 0 Å². The molecule has 0 atom stereocenters.